The summed E-state index contributed by atoms with van der Waals surface area (Å²) < 4.78 is 10.8. The van der Waals surface area contributed by atoms with Gasteiger partial charge in [0.25, 0.3) is 5.91 Å². The molecular formula is C21H22N4O3. The first-order valence-electron chi connectivity index (χ1n) is 9.45. The summed E-state index contributed by atoms with van der Waals surface area (Å²) in [6.07, 6.45) is 7.22. The van der Waals surface area contributed by atoms with E-state index >= 15 is 0 Å². The number of hydrogen-bond acceptors (Lipinski definition) is 6. The van der Waals surface area contributed by atoms with Gasteiger partial charge in [0.15, 0.2) is 0 Å². The number of ether oxygens (including phenoxy) is 1. The van der Waals surface area contributed by atoms with Crippen LogP contribution in [0, 0.1) is 0 Å². The van der Waals surface area contributed by atoms with Gasteiger partial charge in [0.1, 0.15) is 11.8 Å². The molecule has 0 radical (unpaired) electrons. The number of rotatable bonds is 4. The van der Waals surface area contributed by atoms with Crippen LogP contribution in [0.25, 0.3) is 11.4 Å². The molecule has 3 heterocycles. The van der Waals surface area contributed by atoms with E-state index in [2.05, 4.69) is 15.1 Å². The maximum atomic E-state index is 13.3. The van der Waals surface area contributed by atoms with Crippen LogP contribution in [0.5, 0.6) is 5.75 Å². The highest BCUT2D eigenvalue weighted by Crippen LogP contribution is 2.32. The highest BCUT2D eigenvalue weighted by molar-refractivity contribution is 5.94. The average Bonchev–Trinajstić information content (AvgIpc) is 3.12. The summed E-state index contributed by atoms with van der Waals surface area (Å²) in [6.45, 7) is 0.660. The van der Waals surface area contributed by atoms with Gasteiger partial charge in [0.2, 0.25) is 11.7 Å². The number of pyridine rings is 1. The van der Waals surface area contributed by atoms with Crippen molar-refractivity contribution in [3.63, 3.8) is 0 Å². The Morgan fingerprint density at radius 2 is 2.04 bits per heavy atom. The van der Waals surface area contributed by atoms with E-state index in [1.807, 2.05) is 35.2 Å². The molecular weight excluding hydrogens is 356 g/mol. The lowest BCUT2D eigenvalue weighted by atomic mass is 10.1. The number of benzene rings is 1. The molecule has 2 aromatic heterocycles. The van der Waals surface area contributed by atoms with Crippen LogP contribution >= 0.6 is 0 Å². The Kier molecular flexibility index (Phi) is 5.32. The van der Waals surface area contributed by atoms with Crippen LogP contribution < -0.4 is 4.74 Å². The highest BCUT2D eigenvalue weighted by Gasteiger charge is 2.32. The number of amides is 1. The van der Waals surface area contributed by atoms with E-state index < -0.39 is 0 Å². The molecule has 0 bridgehead atoms. The number of hydrogen-bond donors (Lipinski definition) is 0. The zero-order valence-corrected chi connectivity index (χ0v) is 15.7. The predicted octanol–water partition coefficient (Wildman–Crippen LogP) is 3.90. The Labute approximate surface area is 163 Å². The minimum absolute atomic E-state index is 0.0468. The minimum Gasteiger partial charge on any atom is -0.497 e. The van der Waals surface area contributed by atoms with Gasteiger partial charge in [-0.25, -0.2) is 0 Å². The van der Waals surface area contributed by atoms with Crippen LogP contribution in [0.4, 0.5) is 0 Å². The third kappa shape index (κ3) is 3.74. The van der Waals surface area contributed by atoms with Gasteiger partial charge in [-0.3, -0.25) is 9.78 Å². The molecule has 1 saturated heterocycles. The molecule has 1 unspecified atom stereocenters. The number of aromatic nitrogens is 3. The molecule has 144 valence electrons. The molecule has 0 aliphatic carbocycles. The predicted molar refractivity (Wildman–Crippen MR) is 103 cm³/mol. The molecule has 0 spiro atoms. The van der Waals surface area contributed by atoms with E-state index in [0.717, 1.165) is 31.2 Å². The summed E-state index contributed by atoms with van der Waals surface area (Å²) in [5.41, 5.74) is 1.43. The van der Waals surface area contributed by atoms with E-state index in [1.54, 1.807) is 25.6 Å². The SMILES string of the molecule is COc1cccc(C(=O)N2CCCCCC2c2nc(-c3ccncc3)no2)c1. The largest absolute Gasteiger partial charge is 0.497 e. The molecule has 1 aliphatic rings. The second-order valence-corrected chi connectivity index (χ2v) is 6.79. The van der Waals surface area contributed by atoms with Gasteiger partial charge in [0.05, 0.1) is 7.11 Å². The van der Waals surface area contributed by atoms with Crippen molar-refractivity contribution in [2.45, 2.75) is 31.7 Å². The normalized spacial score (nSPS) is 17.2. The smallest absolute Gasteiger partial charge is 0.254 e. The van der Waals surface area contributed by atoms with E-state index in [4.69, 9.17) is 9.26 Å². The quantitative estimate of drug-likeness (QED) is 0.685. The van der Waals surface area contributed by atoms with Crippen molar-refractivity contribution in [1.82, 2.24) is 20.0 Å². The fraction of sp³-hybridized carbons (Fsp3) is 0.333. The summed E-state index contributed by atoms with van der Waals surface area (Å²) in [6, 6.07) is 10.7. The maximum Gasteiger partial charge on any atom is 0.254 e. The fourth-order valence-electron chi connectivity index (χ4n) is 3.52. The summed E-state index contributed by atoms with van der Waals surface area (Å²) in [5, 5.41) is 4.11. The third-order valence-corrected chi connectivity index (χ3v) is 5.00. The van der Waals surface area contributed by atoms with Crippen LogP contribution in [-0.2, 0) is 0 Å². The Bertz CT molecular complexity index is 942. The van der Waals surface area contributed by atoms with Gasteiger partial charge >= 0.3 is 0 Å². The fourth-order valence-corrected chi connectivity index (χ4v) is 3.52. The van der Waals surface area contributed by atoms with Crippen molar-refractivity contribution in [1.29, 1.82) is 0 Å². The van der Waals surface area contributed by atoms with Crippen molar-refractivity contribution in [3.05, 3.63) is 60.2 Å². The molecule has 4 rings (SSSR count). The molecule has 1 aliphatic heterocycles. The summed E-state index contributed by atoms with van der Waals surface area (Å²) in [4.78, 5) is 23.7. The Hall–Kier alpha value is -3.22. The van der Waals surface area contributed by atoms with E-state index in [1.165, 1.54) is 0 Å². The zero-order chi connectivity index (χ0) is 19.3. The molecule has 7 nitrogen and oxygen atoms in total. The van der Waals surface area contributed by atoms with E-state index in [9.17, 15) is 4.79 Å². The summed E-state index contributed by atoms with van der Waals surface area (Å²) in [5.74, 6) is 1.60. The van der Waals surface area contributed by atoms with Crippen LogP contribution in [0.15, 0.2) is 53.3 Å². The van der Waals surface area contributed by atoms with Gasteiger partial charge in [0, 0.05) is 30.1 Å². The van der Waals surface area contributed by atoms with Crippen molar-refractivity contribution in [2.24, 2.45) is 0 Å². The van der Waals surface area contributed by atoms with Crippen LogP contribution in [0.2, 0.25) is 0 Å². The Morgan fingerprint density at radius 1 is 1.18 bits per heavy atom. The van der Waals surface area contributed by atoms with Crippen LogP contribution in [-0.4, -0.2) is 39.6 Å². The maximum absolute atomic E-state index is 13.3. The second kappa shape index (κ2) is 8.21. The zero-order valence-electron chi connectivity index (χ0n) is 15.7. The lowest BCUT2D eigenvalue weighted by Crippen LogP contribution is -2.35. The lowest BCUT2D eigenvalue weighted by Gasteiger charge is -2.27. The van der Waals surface area contributed by atoms with Gasteiger partial charge in [-0.1, -0.05) is 24.1 Å². The average molecular weight is 378 g/mol. The number of nitrogens with zero attached hydrogens (tertiary/aromatic N) is 4. The van der Waals surface area contributed by atoms with Crippen molar-refractivity contribution >= 4 is 5.91 Å². The second-order valence-electron chi connectivity index (χ2n) is 6.79. The van der Waals surface area contributed by atoms with Gasteiger partial charge in [-0.2, -0.15) is 4.98 Å². The molecule has 1 fully saturated rings. The first-order valence-corrected chi connectivity index (χ1v) is 9.45. The van der Waals surface area contributed by atoms with Crippen LogP contribution in [0.3, 0.4) is 0 Å². The lowest BCUT2D eigenvalue weighted by molar-refractivity contribution is 0.0644. The number of likely N-dealkylation sites (tertiary alicyclic amines) is 1. The summed E-state index contributed by atoms with van der Waals surface area (Å²) in [7, 11) is 1.59. The molecule has 0 N–H and O–H groups in total. The Balaban J connectivity index is 1.64. The van der Waals surface area contributed by atoms with E-state index in [-0.39, 0.29) is 11.9 Å². The first kappa shape index (κ1) is 18.2. The van der Waals surface area contributed by atoms with Gasteiger partial charge in [-0.15, -0.1) is 0 Å². The van der Waals surface area contributed by atoms with Crippen LogP contribution in [0.1, 0.15) is 48.0 Å². The molecule has 1 amide bonds. The molecule has 7 heteroatoms. The standard InChI is InChI=1S/C21H22N4O3/c1-27-17-7-5-6-16(14-17)21(26)25-13-4-2-3-8-18(25)20-23-19(24-28-20)15-9-11-22-12-10-15/h5-7,9-12,14,18H,2-4,8,13H2,1H3. The number of carbonyl (C=O) groups is 1. The highest BCUT2D eigenvalue weighted by atomic mass is 16.5. The van der Waals surface area contributed by atoms with Crippen molar-refractivity contribution in [3.8, 4) is 17.1 Å². The van der Waals surface area contributed by atoms with Crippen molar-refractivity contribution < 1.29 is 14.1 Å². The third-order valence-electron chi connectivity index (χ3n) is 5.00. The number of methoxy groups -OCH3 is 1. The first-order chi connectivity index (χ1) is 13.8. The molecule has 0 saturated carbocycles. The van der Waals surface area contributed by atoms with E-state index in [0.29, 0.717) is 29.6 Å². The number of carbonyl (C=O) groups excluding carboxylic acids is 1. The summed E-state index contributed by atoms with van der Waals surface area (Å²) >= 11 is 0. The van der Waals surface area contributed by atoms with Gasteiger partial charge < -0.3 is 14.2 Å². The molecule has 1 aromatic carbocycles. The molecule has 3 aromatic rings. The molecule has 1 atom stereocenters. The monoisotopic (exact) mass is 378 g/mol. The van der Waals surface area contributed by atoms with Crippen molar-refractivity contribution in [2.75, 3.05) is 13.7 Å². The minimum atomic E-state index is -0.232. The molecule has 28 heavy (non-hydrogen) atoms. The topological polar surface area (TPSA) is 81.4 Å². The Morgan fingerprint density at radius 3 is 2.86 bits per heavy atom. The van der Waals surface area contributed by atoms with Gasteiger partial charge in [-0.05, 0) is 43.2 Å².